The molecule has 0 aliphatic carbocycles. The number of nitrogens with zero attached hydrogens (tertiary/aromatic N) is 1. The highest BCUT2D eigenvalue weighted by Crippen LogP contribution is 2.16. The molecule has 0 radical (unpaired) electrons. The van der Waals surface area contributed by atoms with Gasteiger partial charge in [-0.05, 0) is 13.3 Å². The summed E-state index contributed by atoms with van der Waals surface area (Å²) in [6.45, 7) is 6.26. The van der Waals surface area contributed by atoms with Crippen LogP contribution in [0.25, 0.3) is 0 Å². The van der Waals surface area contributed by atoms with Crippen molar-refractivity contribution in [3.63, 3.8) is 0 Å². The van der Waals surface area contributed by atoms with Crippen LogP contribution in [0.2, 0.25) is 0 Å². The smallest absolute Gasteiger partial charge is 0.216 e. The Kier molecular flexibility index (Phi) is 3.92. The summed E-state index contributed by atoms with van der Waals surface area (Å²) in [4.78, 5) is 15.0. The second-order valence-corrected chi connectivity index (χ2v) is 3.56. The Hall–Kier alpha value is -1.06. The van der Waals surface area contributed by atoms with E-state index in [-0.39, 0.29) is 18.1 Å². The van der Waals surface area contributed by atoms with Crippen LogP contribution in [0.15, 0.2) is 4.99 Å². The van der Waals surface area contributed by atoms with Gasteiger partial charge in [0.1, 0.15) is 6.10 Å². The minimum atomic E-state index is -0.0105. The summed E-state index contributed by atoms with van der Waals surface area (Å²) >= 11 is 0. The zero-order chi connectivity index (χ0) is 10.6. The van der Waals surface area contributed by atoms with Gasteiger partial charge in [0, 0.05) is 19.9 Å². The lowest BCUT2D eigenvalue weighted by Crippen LogP contribution is -2.24. The van der Waals surface area contributed by atoms with Crippen LogP contribution in [0.3, 0.4) is 0 Å². The molecule has 1 rings (SSSR count). The molecule has 0 saturated carbocycles. The topological polar surface area (TPSA) is 50.7 Å². The van der Waals surface area contributed by atoms with Crippen molar-refractivity contribution < 1.29 is 9.53 Å². The van der Waals surface area contributed by atoms with Crippen LogP contribution in [0.5, 0.6) is 0 Å². The van der Waals surface area contributed by atoms with Gasteiger partial charge >= 0.3 is 0 Å². The number of nitrogens with one attached hydrogen (secondary N) is 1. The molecule has 14 heavy (non-hydrogen) atoms. The minimum absolute atomic E-state index is 0.0105. The maximum Gasteiger partial charge on any atom is 0.216 e. The van der Waals surface area contributed by atoms with E-state index in [9.17, 15) is 4.79 Å². The van der Waals surface area contributed by atoms with Gasteiger partial charge in [-0.1, -0.05) is 6.92 Å². The van der Waals surface area contributed by atoms with Crippen molar-refractivity contribution in [1.29, 1.82) is 0 Å². The Balaban J connectivity index is 2.27. The molecule has 80 valence electrons. The van der Waals surface area contributed by atoms with Gasteiger partial charge in [0.25, 0.3) is 0 Å². The fourth-order valence-corrected chi connectivity index (χ4v) is 1.51. The minimum Gasteiger partial charge on any atom is -0.475 e. The van der Waals surface area contributed by atoms with E-state index in [4.69, 9.17) is 4.74 Å². The molecular weight excluding hydrogens is 180 g/mol. The standard InChI is InChI=1S/C10H18N2O2/c1-4-9-7(2)12-10(14-9)5-6-11-8(3)13/h7,9H,4-6H2,1-3H3,(H,11,13). The molecule has 2 unspecified atom stereocenters. The van der Waals surface area contributed by atoms with Crippen molar-refractivity contribution in [2.24, 2.45) is 4.99 Å². The zero-order valence-corrected chi connectivity index (χ0v) is 9.04. The van der Waals surface area contributed by atoms with Gasteiger partial charge in [-0.25, -0.2) is 4.99 Å². The number of carbonyl (C=O) groups is 1. The van der Waals surface area contributed by atoms with Gasteiger partial charge < -0.3 is 10.1 Å². The Morgan fingerprint density at radius 1 is 1.64 bits per heavy atom. The second kappa shape index (κ2) is 4.98. The van der Waals surface area contributed by atoms with Crippen molar-refractivity contribution in [3.05, 3.63) is 0 Å². The van der Waals surface area contributed by atoms with E-state index in [2.05, 4.69) is 24.2 Å². The van der Waals surface area contributed by atoms with Gasteiger partial charge in [0.2, 0.25) is 5.91 Å². The lowest BCUT2D eigenvalue weighted by atomic mass is 10.1. The van der Waals surface area contributed by atoms with Crippen LogP contribution in [0.4, 0.5) is 0 Å². The van der Waals surface area contributed by atoms with Crippen molar-refractivity contribution >= 4 is 11.8 Å². The molecule has 4 heteroatoms. The largest absolute Gasteiger partial charge is 0.475 e. The average Bonchev–Trinajstić information content (AvgIpc) is 2.45. The number of aliphatic imine (C=N–C) groups is 1. The fraction of sp³-hybridized carbons (Fsp3) is 0.800. The zero-order valence-electron chi connectivity index (χ0n) is 9.04. The molecule has 0 aromatic rings. The maximum atomic E-state index is 10.6. The van der Waals surface area contributed by atoms with E-state index in [0.717, 1.165) is 12.3 Å². The maximum absolute atomic E-state index is 10.6. The highest BCUT2D eigenvalue weighted by atomic mass is 16.5. The van der Waals surface area contributed by atoms with Gasteiger partial charge in [-0.3, -0.25) is 4.79 Å². The number of hydrogen-bond donors (Lipinski definition) is 1. The molecule has 0 aromatic heterocycles. The van der Waals surface area contributed by atoms with Crippen LogP contribution in [-0.2, 0) is 9.53 Å². The fourth-order valence-electron chi connectivity index (χ4n) is 1.51. The molecule has 0 spiro atoms. The summed E-state index contributed by atoms with van der Waals surface area (Å²) in [5.74, 6) is 0.766. The van der Waals surface area contributed by atoms with E-state index < -0.39 is 0 Å². The van der Waals surface area contributed by atoms with E-state index in [1.54, 1.807) is 0 Å². The molecule has 1 N–H and O–H groups in total. The van der Waals surface area contributed by atoms with Gasteiger partial charge in [0.05, 0.1) is 6.04 Å². The van der Waals surface area contributed by atoms with Crippen LogP contribution in [-0.4, -0.2) is 30.5 Å². The first-order valence-corrected chi connectivity index (χ1v) is 5.11. The third kappa shape index (κ3) is 3.01. The first-order chi connectivity index (χ1) is 6.63. The number of hydrogen-bond acceptors (Lipinski definition) is 3. The predicted octanol–water partition coefficient (Wildman–Crippen LogP) is 1.11. The van der Waals surface area contributed by atoms with E-state index in [1.807, 2.05) is 0 Å². The van der Waals surface area contributed by atoms with Crippen LogP contribution < -0.4 is 5.32 Å². The van der Waals surface area contributed by atoms with Crippen LogP contribution in [0.1, 0.15) is 33.6 Å². The normalized spacial score (nSPS) is 25.5. The lowest BCUT2D eigenvalue weighted by Gasteiger charge is -2.11. The predicted molar refractivity (Wildman–Crippen MR) is 55.4 cm³/mol. The third-order valence-corrected chi connectivity index (χ3v) is 2.29. The molecule has 1 heterocycles. The number of carbonyl (C=O) groups excluding carboxylic acids is 1. The molecule has 0 aromatic carbocycles. The van der Waals surface area contributed by atoms with E-state index in [1.165, 1.54) is 6.92 Å². The molecule has 0 bridgehead atoms. The molecule has 0 fully saturated rings. The summed E-state index contributed by atoms with van der Waals surface area (Å²) in [7, 11) is 0. The van der Waals surface area contributed by atoms with E-state index >= 15 is 0 Å². The lowest BCUT2D eigenvalue weighted by molar-refractivity contribution is -0.118. The average molecular weight is 198 g/mol. The number of ether oxygens (including phenoxy) is 1. The van der Waals surface area contributed by atoms with E-state index in [0.29, 0.717) is 13.0 Å². The molecule has 1 amide bonds. The monoisotopic (exact) mass is 198 g/mol. The van der Waals surface area contributed by atoms with Gasteiger partial charge in [-0.2, -0.15) is 0 Å². The molecule has 1 aliphatic rings. The Morgan fingerprint density at radius 2 is 2.36 bits per heavy atom. The van der Waals surface area contributed by atoms with Crippen molar-refractivity contribution in [2.45, 2.75) is 45.8 Å². The first-order valence-electron chi connectivity index (χ1n) is 5.11. The van der Waals surface area contributed by atoms with Crippen LogP contribution >= 0.6 is 0 Å². The summed E-state index contributed by atoms with van der Waals surface area (Å²) in [5.41, 5.74) is 0. The summed E-state index contributed by atoms with van der Waals surface area (Å²) in [5, 5.41) is 2.72. The molecule has 0 saturated heterocycles. The summed E-state index contributed by atoms with van der Waals surface area (Å²) < 4.78 is 5.60. The highest BCUT2D eigenvalue weighted by Gasteiger charge is 2.24. The third-order valence-electron chi connectivity index (χ3n) is 2.29. The molecule has 2 atom stereocenters. The Labute approximate surface area is 84.7 Å². The SMILES string of the molecule is CCC1OC(CCNC(C)=O)=NC1C. The van der Waals surface area contributed by atoms with Crippen molar-refractivity contribution in [1.82, 2.24) is 5.32 Å². The molecule has 4 nitrogen and oxygen atoms in total. The summed E-state index contributed by atoms with van der Waals surface area (Å²) in [6.07, 6.45) is 1.90. The molecule has 1 aliphatic heterocycles. The van der Waals surface area contributed by atoms with Crippen molar-refractivity contribution in [2.75, 3.05) is 6.54 Å². The van der Waals surface area contributed by atoms with Crippen LogP contribution in [0, 0.1) is 0 Å². The van der Waals surface area contributed by atoms with Crippen molar-refractivity contribution in [3.8, 4) is 0 Å². The number of rotatable bonds is 4. The second-order valence-electron chi connectivity index (χ2n) is 3.56. The Bertz CT molecular complexity index is 238. The quantitative estimate of drug-likeness (QED) is 0.735. The summed E-state index contributed by atoms with van der Waals surface area (Å²) in [6, 6.07) is 0.257. The first kappa shape index (κ1) is 11.0. The Morgan fingerprint density at radius 3 is 2.86 bits per heavy atom. The van der Waals surface area contributed by atoms with Gasteiger partial charge in [-0.15, -0.1) is 0 Å². The van der Waals surface area contributed by atoms with Gasteiger partial charge in [0.15, 0.2) is 5.90 Å². The number of amides is 1. The molecular formula is C10H18N2O2. The highest BCUT2D eigenvalue weighted by molar-refractivity contribution is 5.79.